The Bertz CT molecular complexity index is 945. The number of likely N-dealkylation sites (tertiary alicyclic amines) is 1. The summed E-state index contributed by atoms with van der Waals surface area (Å²) in [5.74, 6) is -2.86. The molecule has 176 valence electrons. The predicted molar refractivity (Wildman–Crippen MR) is 109 cm³/mol. The summed E-state index contributed by atoms with van der Waals surface area (Å²) in [7, 11) is 0. The number of phenolic OH excluding ortho intramolecular Hbond substituents is 1. The van der Waals surface area contributed by atoms with E-state index in [0.29, 0.717) is 25.9 Å². The average Bonchev–Trinajstić information content (AvgIpc) is 2.77. The van der Waals surface area contributed by atoms with Crippen LogP contribution in [0.5, 0.6) is 5.75 Å². The van der Waals surface area contributed by atoms with Crippen molar-refractivity contribution in [2.75, 3.05) is 19.7 Å². The number of rotatable bonds is 4. The molecule has 2 atom stereocenters. The summed E-state index contributed by atoms with van der Waals surface area (Å²) in [6.45, 7) is 0.411. The van der Waals surface area contributed by atoms with Crippen LogP contribution in [0, 0.1) is 5.92 Å². The number of halogens is 3. The van der Waals surface area contributed by atoms with Gasteiger partial charge in [-0.25, -0.2) is 4.79 Å². The lowest BCUT2D eigenvalue weighted by molar-refractivity contribution is -0.192. The van der Waals surface area contributed by atoms with Crippen LogP contribution in [0.2, 0.25) is 0 Å². The summed E-state index contributed by atoms with van der Waals surface area (Å²) in [5, 5.41) is 37.8. The number of carbonyl (C=O) groups excluding carboxylic acids is 1. The monoisotopic (exact) mass is 458 g/mol. The number of aliphatic hydroxyl groups excluding tert-OH is 2. The van der Waals surface area contributed by atoms with Crippen LogP contribution in [-0.2, 0) is 9.59 Å². The number of carboxylic acids is 1. The molecule has 1 fully saturated rings. The third-order valence-corrected chi connectivity index (χ3v) is 5.31. The molecule has 0 aromatic heterocycles. The number of carbonyl (C=O) groups is 2. The van der Waals surface area contributed by atoms with Gasteiger partial charge in [-0.05, 0) is 41.7 Å². The molecule has 2 aromatic rings. The number of aromatic hydroxyl groups is 1. The van der Waals surface area contributed by atoms with Gasteiger partial charge in [0.25, 0.3) is 5.91 Å². The van der Waals surface area contributed by atoms with Crippen molar-refractivity contribution in [3.63, 3.8) is 0 Å². The van der Waals surface area contributed by atoms with Crippen LogP contribution >= 0.6 is 0 Å². The predicted octanol–water partition coefficient (Wildman–Crippen LogP) is 1.77. The van der Waals surface area contributed by atoms with Crippen LogP contribution < -0.4 is 5.73 Å². The Morgan fingerprint density at radius 3 is 2.09 bits per heavy atom. The summed E-state index contributed by atoms with van der Waals surface area (Å²) in [6, 6.07) is 11.2. The van der Waals surface area contributed by atoms with E-state index in [4.69, 9.17) is 20.7 Å². The molecular formula is C21H25F3N2O6. The van der Waals surface area contributed by atoms with Crippen molar-refractivity contribution in [3.05, 3.63) is 42.0 Å². The van der Waals surface area contributed by atoms with Crippen molar-refractivity contribution >= 4 is 22.6 Å². The second kappa shape index (κ2) is 10.6. The Balaban J connectivity index is 0.000000451. The van der Waals surface area contributed by atoms with Gasteiger partial charge < -0.3 is 31.1 Å². The van der Waals surface area contributed by atoms with E-state index in [0.717, 1.165) is 16.3 Å². The highest BCUT2D eigenvalue weighted by atomic mass is 19.4. The lowest BCUT2D eigenvalue weighted by Crippen LogP contribution is -2.46. The highest BCUT2D eigenvalue weighted by molar-refractivity contribution is 5.85. The Labute approximate surface area is 181 Å². The van der Waals surface area contributed by atoms with Crippen molar-refractivity contribution in [1.29, 1.82) is 0 Å². The van der Waals surface area contributed by atoms with Crippen LogP contribution in [0.15, 0.2) is 36.4 Å². The van der Waals surface area contributed by atoms with E-state index >= 15 is 0 Å². The molecule has 1 aliphatic heterocycles. The van der Waals surface area contributed by atoms with E-state index < -0.39 is 30.8 Å². The Morgan fingerprint density at radius 2 is 1.62 bits per heavy atom. The number of nitrogens with zero attached hydrogens (tertiary/aromatic N) is 1. The van der Waals surface area contributed by atoms with E-state index in [2.05, 4.69) is 0 Å². The van der Waals surface area contributed by atoms with E-state index in [1.54, 1.807) is 11.0 Å². The van der Waals surface area contributed by atoms with Gasteiger partial charge in [0.1, 0.15) is 5.75 Å². The number of carboxylic acid groups (broad SMARTS) is 1. The summed E-state index contributed by atoms with van der Waals surface area (Å²) >= 11 is 0. The summed E-state index contributed by atoms with van der Waals surface area (Å²) in [5.41, 5.74) is 7.14. The zero-order chi connectivity index (χ0) is 24.1. The first-order valence-electron chi connectivity index (χ1n) is 9.80. The fraction of sp³-hybridized carbons (Fsp3) is 0.429. The van der Waals surface area contributed by atoms with Gasteiger partial charge in [-0.2, -0.15) is 13.2 Å². The van der Waals surface area contributed by atoms with Crippen LogP contribution in [0.4, 0.5) is 13.2 Å². The third-order valence-electron chi connectivity index (χ3n) is 5.31. The molecule has 11 heteroatoms. The van der Waals surface area contributed by atoms with Gasteiger partial charge in [0, 0.05) is 24.7 Å². The molecule has 0 spiro atoms. The van der Waals surface area contributed by atoms with Gasteiger partial charge in [0.05, 0.1) is 6.61 Å². The average molecular weight is 458 g/mol. The second-order valence-corrected chi connectivity index (χ2v) is 7.45. The van der Waals surface area contributed by atoms with Gasteiger partial charge in [0.2, 0.25) is 0 Å². The first-order valence-corrected chi connectivity index (χ1v) is 9.80. The number of aliphatic hydroxyl groups is 2. The number of hydrogen-bond acceptors (Lipinski definition) is 6. The number of nitrogens with two attached hydrogens (primary N) is 1. The zero-order valence-electron chi connectivity index (χ0n) is 17.0. The smallest absolute Gasteiger partial charge is 0.490 e. The maximum atomic E-state index is 11.9. The number of hydrogen-bond donors (Lipinski definition) is 5. The van der Waals surface area contributed by atoms with Crippen LogP contribution in [0.25, 0.3) is 10.8 Å². The van der Waals surface area contributed by atoms with Crippen LogP contribution in [0.3, 0.4) is 0 Å². The Hall–Kier alpha value is -2.89. The number of amides is 1. The molecule has 0 unspecified atom stereocenters. The van der Waals surface area contributed by atoms with E-state index in [9.17, 15) is 28.2 Å². The lowest BCUT2D eigenvalue weighted by atomic mass is 9.85. The maximum Gasteiger partial charge on any atom is 0.490 e. The number of piperidine rings is 1. The van der Waals surface area contributed by atoms with Gasteiger partial charge in [0.15, 0.2) is 6.10 Å². The van der Waals surface area contributed by atoms with Crippen LogP contribution in [-0.4, -0.2) is 69.2 Å². The molecule has 0 aliphatic carbocycles. The minimum Gasteiger partial charge on any atom is -0.508 e. The largest absolute Gasteiger partial charge is 0.508 e. The minimum absolute atomic E-state index is 0.141. The van der Waals surface area contributed by atoms with Crippen LogP contribution in [0.1, 0.15) is 24.4 Å². The Morgan fingerprint density at radius 1 is 1.12 bits per heavy atom. The van der Waals surface area contributed by atoms with Crippen molar-refractivity contribution in [1.82, 2.24) is 4.90 Å². The van der Waals surface area contributed by atoms with E-state index in [-0.39, 0.29) is 17.7 Å². The second-order valence-electron chi connectivity index (χ2n) is 7.45. The lowest BCUT2D eigenvalue weighted by Gasteiger charge is -2.35. The zero-order valence-corrected chi connectivity index (χ0v) is 17.0. The van der Waals surface area contributed by atoms with Crippen molar-refractivity contribution in [2.45, 2.75) is 31.2 Å². The topological polar surface area (TPSA) is 144 Å². The molecule has 1 aliphatic rings. The van der Waals surface area contributed by atoms with E-state index in [1.165, 1.54) is 0 Å². The number of fused-ring (bicyclic) bond motifs is 1. The normalized spacial score (nSPS) is 16.8. The highest BCUT2D eigenvalue weighted by Gasteiger charge is 2.38. The molecule has 6 N–H and O–H groups in total. The standard InChI is InChI=1S/C19H24N2O4.C2HF3O2/c20-18(12-5-7-21(8-6-12)19(25)17(24)11-22)15-9-13-3-1-2-4-14(13)10-16(15)23;3-2(4,5)1(6)7/h1-4,9-10,12,17-18,22-24H,5-8,11,20H2;(H,6,7)/t17-,18-;/m1./s1. The van der Waals surface area contributed by atoms with Gasteiger partial charge in [-0.15, -0.1) is 0 Å². The molecule has 1 saturated heterocycles. The molecular weight excluding hydrogens is 433 g/mol. The van der Waals surface area contributed by atoms with Crippen molar-refractivity contribution < 1.29 is 43.2 Å². The molecule has 32 heavy (non-hydrogen) atoms. The first kappa shape index (κ1) is 25.4. The number of benzene rings is 2. The SMILES string of the molecule is N[C@@H](c1cc2ccccc2cc1O)C1CCN(C(=O)[C@H](O)CO)CC1.O=C(O)C(F)(F)F. The van der Waals surface area contributed by atoms with E-state index in [1.807, 2.05) is 30.3 Å². The van der Waals surface area contributed by atoms with Gasteiger partial charge in [-0.1, -0.05) is 24.3 Å². The van der Waals surface area contributed by atoms with Gasteiger partial charge >= 0.3 is 12.1 Å². The maximum absolute atomic E-state index is 11.9. The minimum atomic E-state index is -5.08. The molecule has 1 amide bonds. The molecule has 8 nitrogen and oxygen atoms in total. The summed E-state index contributed by atoms with van der Waals surface area (Å²) < 4.78 is 31.7. The summed E-state index contributed by atoms with van der Waals surface area (Å²) in [4.78, 5) is 22.4. The van der Waals surface area contributed by atoms with Crippen molar-refractivity contribution in [2.24, 2.45) is 11.7 Å². The molecule has 2 aromatic carbocycles. The number of aliphatic carboxylic acids is 1. The number of phenols is 1. The molecule has 0 radical (unpaired) electrons. The number of alkyl halides is 3. The quantitative estimate of drug-likeness (QED) is 0.470. The fourth-order valence-corrected chi connectivity index (χ4v) is 3.53. The molecule has 0 saturated carbocycles. The highest BCUT2D eigenvalue weighted by Crippen LogP contribution is 2.35. The van der Waals surface area contributed by atoms with Crippen molar-refractivity contribution in [3.8, 4) is 5.75 Å². The molecule has 0 bridgehead atoms. The van der Waals surface area contributed by atoms with Gasteiger partial charge in [-0.3, -0.25) is 4.79 Å². The first-order chi connectivity index (χ1) is 15.0. The molecule has 3 rings (SSSR count). The molecule has 1 heterocycles. The fourth-order valence-electron chi connectivity index (χ4n) is 3.53. The summed E-state index contributed by atoms with van der Waals surface area (Å²) in [6.07, 6.45) is -5.05. The Kier molecular flexibility index (Phi) is 8.42. The third kappa shape index (κ3) is 6.31.